The molecular weight excluding hydrogens is 344 g/mol. The van der Waals surface area contributed by atoms with Gasteiger partial charge in [0.25, 0.3) is 0 Å². The summed E-state index contributed by atoms with van der Waals surface area (Å²) in [5.74, 6) is 6.45. The van der Waals surface area contributed by atoms with Crippen molar-refractivity contribution >= 4 is 29.4 Å². The van der Waals surface area contributed by atoms with E-state index in [-0.39, 0.29) is 11.2 Å². The molecule has 0 fully saturated rings. The summed E-state index contributed by atoms with van der Waals surface area (Å²) in [6.45, 7) is 7.40. The van der Waals surface area contributed by atoms with Crippen molar-refractivity contribution in [1.82, 2.24) is 24.8 Å². The number of nitrogens with two attached hydrogens (primary N) is 1. The van der Waals surface area contributed by atoms with Crippen LogP contribution in [-0.2, 0) is 4.79 Å². The molecule has 1 unspecified atom stereocenters. The number of amides is 1. The Bertz CT molecular complexity index is 659. The Kier molecular flexibility index (Phi) is 6.92. The van der Waals surface area contributed by atoms with Gasteiger partial charge in [-0.05, 0) is 32.4 Å². The third kappa shape index (κ3) is 4.64. The molecule has 2 N–H and O–H groups in total. The van der Waals surface area contributed by atoms with E-state index in [9.17, 15) is 4.79 Å². The predicted octanol–water partition coefficient (Wildman–Crippen LogP) is 2.20. The number of nitrogen functional groups attached to an aromatic ring is 1. The summed E-state index contributed by atoms with van der Waals surface area (Å²) in [4.78, 5) is 18.0. The van der Waals surface area contributed by atoms with Gasteiger partial charge in [-0.15, -0.1) is 10.2 Å². The zero-order valence-corrected chi connectivity index (χ0v) is 15.7. The van der Waals surface area contributed by atoms with E-state index in [0.717, 1.165) is 5.56 Å². The highest BCUT2D eigenvalue weighted by Gasteiger charge is 2.17. The molecule has 9 heteroatoms. The number of hydrogen-bond acceptors (Lipinski definition) is 7. The minimum absolute atomic E-state index is 0.0749. The average Bonchev–Trinajstić information content (AvgIpc) is 2.95. The summed E-state index contributed by atoms with van der Waals surface area (Å²) in [5, 5.41) is 9.52. The SMILES string of the molecule is CCN(CC)C(=O)CSc1nnc(SC(C)c2cccnc2)n1N. The number of aromatic nitrogens is 4. The second-order valence-corrected chi connectivity index (χ2v) is 7.29. The van der Waals surface area contributed by atoms with Crippen LogP contribution in [0, 0.1) is 0 Å². The quantitative estimate of drug-likeness (QED) is 0.566. The van der Waals surface area contributed by atoms with Gasteiger partial charge in [0.1, 0.15) is 0 Å². The van der Waals surface area contributed by atoms with E-state index >= 15 is 0 Å². The molecule has 130 valence electrons. The number of nitrogens with zero attached hydrogens (tertiary/aromatic N) is 5. The van der Waals surface area contributed by atoms with Gasteiger partial charge in [0.15, 0.2) is 0 Å². The van der Waals surface area contributed by atoms with Gasteiger partial charge >= 0.3 is 0 Å². The highest BCUT2D eigenvalue weighted by Crippen LogP contribution is 2.33. The van der Waals surface area contributed by atoms with Crippen LogP contribution in [0.15, 0.2) is 34.8 Å². The summed E-state index contributed by atoms with van der Waals surface area (Å²) in [5.41, 5.74) is 1.09. The molecule has 7 nitrogen and oxygen atoms in total. The number of carbonyl (C=O) groups excluding carboxylic acids is 1. The molecule has 0 bridgehead atoms. The first kappa shape index (κ1) is 18.6. The molecule has 0 aliphatic rings. The molecule has 24 heavy (non-hydrogen) atoms. The number of thioether (sulfide) groups is 2. The van der Waals surface area contributed by atoms with E-state index < -0.39 is 0 Å². The Morgan fingerprint density at radius 3 is 2.67 bits per heavy atom. The molecule has 2 rings (SSSR count). The van der Waals surface area contributed by atoms with Crippen molar-refractivity contribution in [3.63, 3.8) is 0 Å². The highest BCUT2D eigenvalue weighted by molar-refractivity contribution is 8.00. The van der Waals surface area contributed by atoms with E-state index in [2.05, 4.69) is 22.1 Å². The van der Waals surface area contributed by atoms with Crippen molar-refractivity contribution in [3.8, 4) is 0 Å². The van der Waals surface area contributed by atoms with Crippen LogP contribution in [0.3, 0.4) is 0 Å². The molecular formula is C15H22N6OS2. The molecule has 2 heterocycles. The van der Waals surface area contributed by atoms with Crippen molar-refractivity contribution in [2.24, 2.45) is 0 Å². The first-order chi connectivity index (χ1) is 11.6. The summed E-state index contributed by atoms with van der Waals surface area (Å²) in [6, 6.07) is 3.92. The van der Waals surface area contributed by atoms with Gasteiger partial charge in [-0.2, -0.15) is 0 Å². The van der Waals surface area contributed by atoms with E-state index in [1.54, 1.807) is 11.1 Å². The summed E-state index contributed by atoms with van der Waals surface area (Å²) < 4.78 is 1.44. The molecule has 0 aromatic carbocycles. The molecule has 0 spiro atoms. The highest BCUT2D eigenvalue weighted by atomic mass is 32.2. The number of rotatable bonds is 8. The largest absolute Gasteiger partial charge is 0.343 e. The van der Waals surface area contributed by atoms with E-state index in [1.165, 1.54) is 28.2 Å². The fraction of sp³-hybridized carbons (Fsp3) is 0.467. The van der Waals surface area contributed by atoms with Gasteiger partial charge in [0.2, 0.25) is 16.2 Å². The molecule has 0 aliphatic heterocycles. The van der Waals surface area contributed by atoms with Crippen molar-refractivity contribution in [2.45, 2.75) is 36.3 Å². The maximum Gasteiger partial charge on any atom is 0.233 e. The van der Waals surface area contributed by atoms with Crippen LogP contribution in [0.1, 0.15) is 31.6 Å². The Balaban J connectivity index is 1.97. The number of pyridine rings is 1. The van der Waals surface area contributed by atoms with Gasteiger partial charge in [0.05, 0.1) is 5.75 Å². The van der Waals surface area contributed by atoms with E-state index in [1.807, 2.05) is 32.2 Å². The molecule has 2 aromatic heterocycles. The van der Waals surface area contributed by atoms with Crippen LogP contribution in [0.2, 0.25) is 0 Å². The van der Waals surface area contributed by atoms with Gasteiger partial charge < -0.3 is 10.7 Å². The smallest absolute Gasteiger partial charge is 0.233 e. The van der Waals surface area contributed by atoms with Gasteiger partial charge in [-0.3, -0.25) is 9.78 Å². The van der Waals surface area contributed by atoms with Crippen LogP contribution in [0.4, 0.5) is 0 Å². The number of hydrogen-bond donors (Lipinski definition) is 1. The third-order valence-corrected chi connectivity index (χ3v) is 5.55. The van der Waals surface area contributed by atoms with Crippen molar-refractivity contribution in [2.75, 3.05) is 24.7 Å². The molecule has 1 atom stereocenters. The second kappa shape index (κ2) is 8.93. The minimum atomic E-state index is 0.0749. The van der Waals surface area contributed by atoms with Crippen molar-refractivity contribution in [1.29, 1.82) is 0 Å². The van der Waals surface area contributed by atoms with Gasteiger partial charge in [-0.1, -0.05) is 29.6 Å². The van der Waals surface area contributed by atoms with Crippen LogP contribution in [-0.4, -0.2) is 49.5 Å². The molecule has 0 aliphatic carbocycles. The van der Waals surface area contributed by atoms with Crippen molar-refractivity contribution < 1.29 is 4.79 Å². The Labute approximate surface area is 150 Å². The monoisotopic (exact) mass is 366 g/mol. The lowest BCUT2D eigenvalue weighted by molar-refractivity contribution is -0.127. The maximum absolute atomic E-state index is 12.1. The number of carbonyl (C=O) groups is 1. The Hall–Kier alpha value is -1.74. The molecule has 1 amide bonds. The van der Waals surface area contributed by atoms with Crippen LogP contribution in [0.5, 0.6) is 0 Å². The molecule has 0 saturated carbocycles. The lowest BCUT2D eigenvalue weighted by Gasteiger charge is -2.17. The van der Waals surface area contributed by atoms with Crippen LogP contribution >= 0.6 is 23.5 Å². The van der Waals surface area contributed by atoms with Gasteiger partial charge in [0, 0.05) is 30.7 Å². The Morgan fingerprint density at radius 1 is 1.33 bits per heavy atom. The first-order valence-corrected chi connectivity index (χ1v) is 9.60. The lowest BCUT2D eigenvalue weighted by Crippen LogP contribution is -2.32. The minimum Gasteiger partial charge on any atom is -0.343 e. The zero-order valence-electron chi connectivity index (χ0n) is 14.0. The topological polar surface area (TPSA) is 89.9 Å². The zero-order chi connectivity index (χ0) is 17.5. The predicted molar refractivity (Wildman–Crippen MR) is 97.3 cm³/mol. The fourth-order valence-corrected chi connectivity index (χ4v) is 3.78. The molecule has 2 aromatic rings. The normalized spacial score (nSPS) is 12.1. The molecule has 0 saturated heterocycles. The lowest BCUT2D eigenvalue weighted by atomic mass is 10.2. The average molecular weight is 367 g/mol. The summed E-state index contributed by atoms with van der Waals surface area (Å²) in [6.07, 6.45) is 3.57. The Morgan fingerprint density at radius 2 is 2.04 bits per heavy atom. The third-order valence-electron chi connectivity index (χ3n) is 3.51. The van der Waals surface area contributed by atoms with Crippen LogP contribution in [0.25, 0.3) is 0 Å². The fourth-order valence-electron chi connectivity index (χ4n) is 2.08. The molecule has 0 radical (unpaired) electrons. The van der Waals surface area contributed by atoms with Crippen molar-refractivity contribution in [3.05, 3.63) is 30.1 Å². The first-order valence-electron chi connectivity index (χ1n) is 7.74. The van der Waals surface area contributed by atoms with Crippen LogP contribution < -0.4 is 5.84 Å². The van der Waals surface area contributed by atoms with E-state index in [4.69, 9.17) is 5.84 Å². The van der Waals surface area contributed by atoms with Gasteiger partial charge in [-0.25, -0.2) is 4.68 Å². The summed E-state index contributed by atoms with van der Waals surface area (Å²) >= 11 is 2.81. The maximum atomic E-state index is 12.1. The summed E-state index contributed by atoms with van der Waals surface area (Å²) in [7, 11) is 0. The second-order valence-electron chi connectivity index (χ2n) is 5.04. The van der Waals surface area contributed by atoms with E-state index in [0.29, 0.717) is 29.2 Å². The standard InChI is InChI=1S/C15H22N6OS2/c1-4-20(5-2)13(22)10-23-14-18-19-15(21(14)16)24-11(3)12-7-6-8-17-9-12/h6-9,11H,4-5,10,16H2,1-3H3.